The third-order valence-electron chi connectivity index (χ3n) is 6.92. The van der Waals surface area contributed by atoms with E-state index in [4.69, 9.17) is 10.5 Å². The Morgan fingerprint density at radius 3 is 2.35 bits per heavy atom. The molecule has 0 saturated heterocycles. The van der Waals surface area contributed by atoms with Crippen LogP contribution in [0.3, 0.4) is 0 Å². The Kier molecular flexibility index (Phi) is 7.90. The third-order valence-corrected chi connectivity index (χ3v) is 6.92. The average molecular weight is 512 g/mol. The number of methoxy groups -OCH3 is 1. The summed E-state index contributed by atoms with van der Waals surface area (Å²) < 4.78 is 32.8. The summed E-state index contributed by atoms with van der Waals surface area (Å²) in [5.41, 5.74) is 6.57. The maximum atomic E-state index is 14.0. The summed E-state index contributed by atoms with van der Waals surface area (Å²) in [4.78, 5) is 42.6. The molecule has 0 radical (unpaired) electrons. The number of amides is 3. The molecular formula is C28H31F2N3O4. The lowest BCUT2D eigenvalue weighted by Crippen LogP contribution is -2.57. The number of hydrogen-bond donors (Lipinski definition) is 1. The maximum absolute atomic E-state index is 14.0. The Bertz CT molecular complexity index is 1180. The van der Waals surface area contributed by atoms with Crippen molar-refractivity contribution in [2.24, 2.45) is 11.7 Å². The molecule has 0 aromatic heterocycles. The van der Waals surface area contributed by atoms with Gasteiger partial charge in [-0.15, -0.1) is 0 Å². The number of rotatable bonds is 9. The summed E-state index contributed by atoms with van der Waals surface area (Å²) in [6, 6.07) is 7.82. The van der Waals surface area contributed by atoms with Crippen molar-refractivity contribution in [3.05, 3.63) is 77.4 Å². The number of carbonyl (C=O) groups is 3. The molecule has 1 heterocycles. The Labute approximate surface area is 214 Å². The van der Waals surface area contributed by atoms with Crippen molar-refractivity contribution < 1.29 is 27.9 Å². The Hall–Kier alpha value is -3.75. The minimum absolute atomic E-state index is 0.103. The molecule has 0 unspecified atom stereocenters. The molecule has 1 aliphatic carbocycles. The van der Waals surface area contributed by atoms with Gasteiger partial charge in [-0.05, 0) is 67.5 Å². The summed E-state index contributed by atoms with van der Waals surface area (Å²) in [6.45, 7) is 1.97. The minimum Gasteiger partial charge on any atom is -0.497 e. The van der Waals surface area contributed by atoms with Crippen molar-refractivity contribution in [3.8, 4) is 5.75 Å². The molecule has 2 aromatic rings. The third kappa shape index (κ3) is 6.15. The van der Waals surface area contributed by atoms with E-state index in [1.807, 2.05) is 36.4 Å². The lowest BCUT2D eigenvalue weighted by atomic mass is 10.0. The number of benzene rings is 2. The molecule has 9 heteroatoms. The molecule has 3 amide bonds. The van der Waals surface area contributed by atoms with Crippen molar-refractivity contribution in [2.75, 3.05) is 13.7 Å². The summed E-state index contributed by atoms with van der Waals surface area (Å²) >= 11 is 0. The Balaban J connectivity index is 1.66. The summed E-state index contributed by atoms with van der Waals surface area (Å²) in [5, 5.41) is 0. The first-order valence-corrected chi connectivity index (χ1v) is 12.3. The highest BCUT2D eigenvalue weighted by atomic mass is 19.1. The normalized spacial score (nSPS) is 20.3. The van der Waals surface area contributed by atoms with E-state index in [9.17, 15) is 23.2 Å². The molecule has 4 rings (SSSR count). The van der Waals surface area contributed by atoms with Gasteiger partial charge in [0.1, 0.15) is 29.5 Å². The second-order valence-corrected chi connectivity index (χ2v) is 9.67. The Morgan fingerprint density at radius 1 is 1.14 bits per heavy atom. The van der Waals surface area contributed by atoms with E-state index in [-0.39, 0.29) is 30.4 Å². The van der Waals surface area contributed by atoms with Gasteiger partial charge in [0, 0.05) is 12.6 Å². The zero-order valence-electron chi connectivity index (χ0n) is 20.9. The highest BCUT2D eigenvalue weighted by Crippen LogP contribution is 2.36. The van der Waals surface area contributed by atoms with Gasteiger partial charge in [-0.1, -0.05) is 24.3 Å². The van der Waals surface area contributed by atoms with Crippen LogP contribution in [0.2, 0.25) is 0 Å². The largest absolute Gasteiger partial charge is 0.497 e. The first-order valence-electron chi connectivity index (χ1n) is 12.3. The molecule has 2 aromatic carbocycles. The lowest BCUT2D eigenvalue weighted by Gasteiger charge is -2.38. The lowest BCUT2D eigenvalue weighted by molar-refractivity contribution is -0.150. The number of primary amides is 1. The predicted octanol–water partition coefficient (Wildman–Crippen LogP) is 3.53. The van der Waals surface area contributed by atoms with Crippen LogP contribution in [0.15, 0.2) is 54.6 Å². The predicted molar refractivity (Wildman–Crippen MR) is 133 cm³/mol. The van der Waals surface area contributed by atoms with E-state index < -0.39 is 35.5 Å². The number of nitrogens with zero attached hydrogens (tertiary/aromatic N) is 2. The van der Waals surface area contributed by atoms with E-state index in [2.05, 4.69) is 0 Å². The van der Waals surface area contributed by atoms with Gasteiger partial charge in [0.15, 0.2) is 0 Å². The average Bonchev–Trinajstić information content (AvgIpc) is 3.68. The molecule has 2 aliphatic rings. The van der Waals surface area contributed by atoms with Crippen LogP contribution in [0.5, 0.6) is 5.75 Å². The molecule has 1 saturated carbocycles. The van der Waals surface area contributed by atoms with Crippen LogP contribution in [-0.4, -0.2) is 53.3 Å². The summed E-state index contributed by atoms with van der Waals surface area (Å²) in [5.74, 6) is -2.26. The quantitative estimate of drug-likeness (QED) is 0.522. The van der Waals surface area contributed by atoms with Gasteiger partial charge in [0.05, 0.1) is 19.6 Å². The molecule has 0 spiro atoms. The fraction of sp³-hybridized carbons (Fsp3) is 0.393. The fourth-order valence-corrected chi connectivity index (χ4v) is 4.75. The van der Waals surface area contributed by atoms with Crippen LogP contribution < -0.4 is 10.5 Å². The zero-order chi connectivity index (χ0) is 26.7. The van der Waals surface area contributed by atoms with Crippen LogP contribution in [0, 0.1) is 17.6 Å². The topological polar surface area (TPSA) is 92.9 Å². The zero-order valence-corrected chi connectivity index (χ0v) is 20.9. The van der Waals surface area contributed by atoms with E-state index in [1.54, 1.807) is 12.0 Å². The standard InChI is InChI=1S/C28H31F2N3O4/c1-17(27(31)35)33(26(34)14-19-12-21(29)15-22(30)13-19)25-5-3-4-24(20-8-10-23(37-2)11-9-20)32(28(25)36)16-18-6-7-18/h3-4,8-13,15,17-18,24-25H,5-7,14,16H2,1-2H3,(H2,31,35)/t17-,24-,25+/m0/s1. The molecule has 196 valence electrons. The first kappa shape index (κ1) is 26.3. The number of halogens is 2. The highest BCUT2D eigenvalue weighted by Gasteiger charge is 2.41. The van der Waals surface area contributed by atoms with E-state index in [1.165, 1.54) is 11.8 Å². The monoisotopic (exact) mass is 511 g/mol. The van der Waals surface area contributed by atoms with Gasteiger partial charge in [0.25, 0.3) is 0 Å². The number of carbonyl (C=O) groups excluding carboxylic acids is 3. The summed E-state index contributed by atoms with van der Waals surface area (Å²) in [7, 11) is 1.58. The molecule has 3 atom stereocenters. The second-order valence-electron chi connectivity index (χ2n) is 9.67. The molecule has 1 aliphatic heterocycles. The van der Waals surface area contributed by atoms with Crippen LogP contribution in [-0.2, 0) is 20.8 Å². The van der Waals surface area contributed by atoms with Gasteiger partial charge >= 0.3 is 0 Å². The van der Waals surface area contributed by atoms with Gasteiger partial charge in [-0.25, -0.2) is 8.78 Å². The van der Waals surface area contributed by atoms with Crippen molar-refractivity contribution in [2.45, 2.75) is 50.7 Å². The van der Waals surface area contributed by atoms with E-state index in [0.29, 0.717) is 24.3 Å². The smallest absolute Gasteiger partial charge is 0.246 e. The fourth-order valence-electron chi connectivity index (χ4n) is 4.75. The molecule has 7 nitrogen and oxygen atoms in total. The van der Waals surface area contributed by atoms with Crippen molar-refractivity contribution >= 4 is 17.7 Å². The van der Waals surface area contributed by atoms with Gasteiger partial charge in [-0.2, -0.15) is 0 Å². The minimum atomic E-state index is -1.10. The van der Waals surface area contributed by atoms with Gasteiger partial charge in [-0.3, -0.25) is 14.4 Å². The Morgan fingerprint density at radius 2 is 1.78 bits per heavy atom. The molecule has 1 fully saturated rings. The van der Waals surface area contributed by atoms with Crippen LogP contribution in [0.25, 0.3) is 0 Å². The number of hydrogen-bond acceptors (Lipinski definition) is 4. The number of nitrogens with two attached hydrogens (primary N) is 1. The van der Waals surface area contributed by atoms with Gasteiger partial charge in [0.2, 0.25) is 17.7 Å². The van der Waals surface area contributed by atoms with Crippen molar-refractivity contribution in [1.82, 2.24) is 9.80 Å². The molecule has 37 heavy (non-hydrogen) atoms. The van der Waals surface area contributed by atoms with Crippen LogP contribution in [0.1, 0.15) is 43.4 Å². The van der Waals surface area contributed by atoms with E-state index in [0.717, 1.165) is 30.5 Å². The van der Waals surface area contributed by atoms with Crippen molar-refractivity contribution in [1.29, 1.82) is 0 Å². The maximum Gasteiger partial charge on any atom is 0.246 e. The molecule has 2 N–H and O–H groups in total. The van der Waals surface area contributed by atoms with Gasteiger partial charge < -0.3 is 20.3 Å². The van der Waals surface area contributed by atoms with Crippen molar-refractivity contribution in [3.63, 3.8) is 0 Å². The molecular weight excluding hydrogens is 480 g/mol. The summed E-state index contributed by atoms with van der Waals surface area (Å²) in [6.07, 6.45) is 5.58. The van der Waals surface area contributed by atoms with E-state index >= 15 is 0 Å². The van der Waals surface area contributed by atoms with Crippen LogP contribution >= 0.6 is 0 Å². The highest BCUT2D eigenvalue weighted by molar-refractivity contribution is 5.93. The molecule has 0 bridgehead atoms. The second kappa shape index (κ2) is 11.1. The van der Waals surface area contributed by atoms with Crippen LogP contribution in [0.4, 0.5) is 8.78 Å². The first-order chi connectivity index (χ1) is 17.7. The SMILES string of the molecule is COc1ccc([C@@H]2C=CC[C@@H](N(C(=O)Cc3cc(F)cc(F)c3)[C@@H](C)C(N)=O)C(=O)N2CC2CC2)cc1. The number of ether oxygens (including phenoxy) is 1.